The van der Waals surface area contributed by atoms with Gasteiger partial charge in [0, 0.05) is 16.0 Å². The fourth-order valence-corrected chi connectivity index (χ4v) is 2.91. The molecule has 0 atom stereocenters. The number of hydrogen-bond donors (Lipinski definition) is 2. The number of methoxy groups -OCH3 is 2. The maximum atomic E-state index is 12.7. The Morgan fingerprint density at radius 3 is 2.33 bits per heavy atom. The fourth-order valence-electron chi connectivity index (χ4n) is 2.25. The van der Waals surface area contributed by atoms with Gasteiger partial charge >= 0.3 is 0 Å². The second kappa shape index (κ2) is 8.73. The zero-order valence-corrected chi connectivity index (χ0v) is 16.9. The second-order valence-electron chi connectivity index (χ2n) is 6.80. The number of benzene rings is 1. The Morgan fingerprint density at radius 1 is 1.07 bits per heavy atom. The molecule has 2 N–H and O–H groups in total. The molecule has 144 valence electrons. The summed E-state index contributed by atoms with van der Waals surface area (Å²) >= 11 is 1.48. The van der Waals surface area contributed by atoms with Crippen LogP contribution in [0.5, 0.6) is 11.5 Å². The highest BCUT2D eigenvalue weighted by Gasteiger charge is 2.20. The smallest absolute Gasteiger partial charge is 0.268 e. The lowest BCUT2D eigenvalue weighted by Gasteiger charge is -2.22. The van der Waals surface area contributed by atoms with Crippen LogP contribution in [0.15, 0.2) is 41.4 Å². The quantitative estimate of drug-likeness (QED) is 0.743. The van der Waals surface area contributed by atoms with E-state index >= 15 is 0 Å². The summed E-state index contributed by atoms with van der Waals surface area (Å²) in [5.41, 5.74) is 0.0973. The molecule has 0 saturated heterocycles. The van der Waals surface area contributed by atoms with Crippen molar-refractivity contribution >= 4 is 29.2 Å². The number of amides is 2. The maximum Gasteiger partial charge on any atom is 0.268 e. The van der Waals surface area contributed by atoms with Crippen LogP contribution < -0.4 is 20.1 Å². The van der Waals surface area contributed by atoms with E-state index in [0.29, 0.717) is 17.1 Å². The summed E-state index contributed by atoms with van der Waals surface area (Å²) in [7, 11) is 3.02. The number of carbonyl (C=O) groups is 2. The SMILES string of the molecule is COc1ccc(C(=O)N/C(=C\c2cccs2)C(=O)NC(C)(C)C)cc1OC. The first-order valence-corrected chi connectivity index (χ1v) is 9.22. The molecular formula is C20H24N2O4S. The standard InChI is InChI=1S/C20H24N2O4S/c1-20(2,3)22-19(24)15(12-14-7-6-10-27-14)21-18(23)13-8-9-16(25-4)17(11-13)26-5/h6-12H,1-5H3,(H,21,23)(H,22,24)/b15-12-. The molecule has 0 radical (unpaired) electrons. The third kappa shape index (κ3) is 5.86. The second-order valence-corrected chi connectivity index (χ2v) is 7.78. The fraction of sp³-hybridized carbons (Fsp3) is 0.300. The predicted molar refractivity (Wildman–Crippen MR) is 107 cm³/mol. The van der Waals surface area contributed by atoms with Crippen molar-refractivity contribution in [2.45, 2.75) is 26.3 Å². The molecule has 1 aromatic heterocycles. The van der Waals surface area contributed by atoms with Crippen molar-refractivity contribution in [3.63, 3.8) is 0 Å². The minimum Gasteiger partial charge on any atom is -0.493 e. The summed E-state index contributed by atoms with van der Waals surface area (Å²) in [5.74, 6) is 0.189. The van der Waals surface area contributed by atoms with Gasteiger partial charge in [-0.05, 0) is 56.5 Å². The lowest BCUT2D eigenvalue weighted by Crippen LogP contribution is -2.44. The molecule has 6 nitrogen and oxygen atoms in total. The molecule has 7 heteroatoms. The van der Waals surface area contributed by atoms with Crippen LogP contribution in [0.1, 0.15) is 36.0 Å². The van der Waals surface area contributed by atoms with Crippen molar-refractivity contribution in [2.24, 2.45) is 0 Å². The number of thiophene rings is 1. The summed E-state index contributed by atoms with van der Waals surface area (Å²) in [6, 6.07) is 8.58. The van der Waals surface area contributed by atoms with Crippen LogP contribution in [-0.2, 0) is 4.79 Å². The summed E-state index contributed by atoms with van der Waals surface area (Å²) in [4.78, 5) is 26.2. The minimum atomic E-state index is -0.431. The van der Waals surface area contributed by atoms with Gasteiger partial charge in [0.1, 0.15) is 5.70 Å². The molecule has 0 aliphatic carbocycles. The zero-order valence-electron chi connectivity index (χ0n) is 16.1. The number of hydrogen-bond acceptors (Lipinski definition) is 5. The van der Waals surface area contributed by atoms with Gasteiger partial charge in [0.05, 0.1) is 14.2 Å². The molecule has 0 aliphatic heterocycles. The van der Waals surface area contributed by atoms with Crippen molar-refractivity contribution in [3.8, 4) is 11.5 Å². The summed E-state index contributed by atoms with van der Waals surface area (Å²) in [6.45, 7) is 5.64. The molecule has 0 aliphatic rings. The number of rotatable bonds is 6. The highest BCUT2D eigenvalue weighted by molar-refractivity contribution is 7.10. The van der Waals surface area contributed by atoms with Crippen LogP contribution in [0, 0.1) is 0 Å². The van der Waals surface area contributed by atoms with E-state index in [2.05, 4.69) is 10.6 Å². The van der Waals surface area contributed by atoms with Gasteiger partial charge in [0.25, 0.3) is 11.8 Å². The van der Waals surface area contributed by atoms with Gasteiger partial charge in [-0.15, -0.1) is 11.3 Å². The van der Waals surface area contributed by atoms with E-state index in [1.165, 1.54) is 25.6 Å². The molecule has 2 rings (SSSR count). The van der Waals surface area contributed by atoms with Gasteiger partial charge in [-0.25, -0.2) is 0 Å². The lowest BCUT2D eigenvalue weighted by atomic mass is 10.1. The normalized spacial score (nSPS) is 11.7. The van der Waals surface area contributed by atoms with Crippen molar-refractivity contribution in [3.05, 3.63) is 51.8 Å². The maximum absolute atomic E-state index is 12.7. The van der Waals surface area contributed by atoms with Crippen molar-refractivity contribution < 1.29 is 19.1 Å². The molecule has 27 heavy (non-hydrogen) atoms. The number of ether oxygens (including phenoxy) is 2. The lowest BCUT2D eigenvalue weighted by molar-refractivity contribution is -0.119. The average molecular weight is 388 g/mol. The summed E-state index contributed by atoms with van der Waals surface area (Å²) in [6.07, 6.45) is 1.66. The molecule has 0 unspecified atom stereocenters. The van der Waals surface area contributed by atoms with E-state index in [0.717, 1.165) is 4.88 Å². The van der Waals surface area contributed by atoms with Crippen LogP contribution >= 0.6 is 11.3 Å². The summed E-state index contributed by atoms with van der Waals surface area (Å²) in [5, 5.41) is 7.47. The third-order valence-electron chi connectivity index (χ3n) is 3.46. The Kier molecular flexibility index (Phi) is 6.63. The molecule has 1 aromatic carbocycles. The Balaban J connectivity index is 2.29. The van der Waals surface area contributed by atoms with Crippen molar-refractivity contribution in [1.82, 2.24) is 10.6 Å². The number of carbonyl (C=O) groups excluding carboxylic acids is 2. The van der Waals surface area contributed by atoms with E-state index in [1.807, 2.05) is 38.3 Å². The predicted octanol–water partition coefficient (Wildman–Crippen LogP) is 3.45. The van der Waals surface area contributed by atoms with Gasteiger partial charge in [0.2, 0.25) is 0 Å². The van der Waals surface area contributed by atoms with E-state index in [9.17, 15) is 9.59 Å². The van der Waals surface area contributed by atoms with Crippen LogP contribution in [0.4, 0.5) is 0 Å². The Hall–Kier alpha value is -2.80. The first-order chi connectivity index (χ1) is 12.7. The monoisotopic (exact) mass is 388 g/mol. The van der Waals surface area contributed by atoms with Gasteiger partial charge in [-0.3, -0.25) is 9.59 Å². The zero-order chi connectivity index (χ0) is 20.0. The van der Waals surface area contributed by atoms with E-state index in [-0.39, 0.29) is 11.6 Å². The van der Waals surface area contributed by atoms with Gasteiger partial charge in [-0.1, -0.05) is 6.07 Å². The molecule has 0 spiro atoms. The average Bonchev–Trinajstić information content (AvgIpc) is 3.12. The van der Waals surface area contributed by atoms with Gasteiger partial charge in [0.15, 0.2) is 11.5 Å². The van der Waals surface area contributed by atoms with E-state index in [1.54, 1.807) is 24.3 Å². The molecular weight excluding hydrogens is 364 g/mol. The van der Waals surface area contributed by atoms with Crippen LogP contribution in [0.3, 0.4) is 0 Å². The molecule has 2 aromatic rings. The molecule has 0 saturated carbocycles. The highest BCUT2D eigenvalue weighted by atomic mass is 32.1. The molecule has 2 amide bonds. The highest BCUT2D eigenvalue weighted by Crippen LogP contribution is 2.27. The van der Waals surface area contributed by atoms with Crippen LogP contribution in [-0.4, -0.2) is 31.6 Å². The van der Waals surface area contributed by atoms with Gasteiger partial charge in [-0.2, -0.15) is 0 Å². The van der Waals surface area contributed by atoms with Gasteiger partial charge < -0.3 is 20.1 Å². The van der Waals surface area contributed by atoms with E-state index < -0.39 is 11.4 Å². The molecule has 1 heterocycles. The summed E-state index contributed by atoms with van der Waals surface area (Å²) < 4.78 is 10.4. The molecule has 0 bridgehead atoms. The Bertz CT molecular complexity index is 836. The van der Waals surface area contributed by atoms with E-state index in [4.69, 9.17) is 9.47 Å². The first-order valence-electron chi connectivity index (χ1n) is 8.34. The van der Waals surface area contributed by atoms with Crippen molar-refractivity contribution in [2.75, 3.05) is 14.2 Å². The largest absolute Gasteiger partial charge is 0.493 e. The number of nitrogens with one attached hydrogen (secondary N) is 2. The van der Waals surface area contributed by atoms with Crippen LogP contribution in [0.25, 0.3) is 6.08 Å². The first kappa shape index (κ1) is 20.5. The van der Waals surface area contributed by atoms with Crippen molar-refractivity contribution in [1.29, 1.82) is 0 Å². The molecule has 0 fully saturated rings. The Morgan fingerprint density at radius 2 is 1.78 bits per heavy atom. The topological polar surface area (TPSA) is 76.7 Å². The Labute approximate surface area is 163 Å². The van der Waals surface area contributed by atoms with Crippen LogP contribution in [0.2, 0.25) is 0 Å². The minimum absolute atomic E-state index is 0.173. The third-order valence-corrected chi connectivity index (χ3v) is 4.28.